The minimum atomic E-state index is 0.498. The molecule has 0 saturated carbocycles. The topological polar surface area (TPSA) is 41.1 Å². The summed E-state index contributed by atoms with van der Waals surface area (Å²) in [5.41, 5.74) is 1.72. The Kier molecular flexibility index (Phi) is 5.26. The molecule has 0 aliphatic heterocycles. The van der Waals surface area contributed by atoms with Crippen LogP contribution in [0.1, 0.15) is 19.5 Å². The predicted octanol–water partition coefficient (Wildman–Crippen LogP) is 4.68. The van der Waals surface area contributed by atoms with E-state index in [9.17, 15) is 0 Å². The Labute approximate surface area is 135 Å². The maximum Gasteiger partial charge on any atom is 0.229 e. The first-order valence-electron chi connectivity index (χ1n) is 6.86. The van der Waals surface area contributed by atoms with Gasteiger partial charge in [-0.1, -0.05) is 23.2 Å². The van der Waals surface area contributed by atoms with Gasteiger partial charge in [-0.3, -0.25) is 0 Å². The molecule has 0 amide bonds. The number of nitrogens with one attached hydrogen (secondary N) is 1. The molecular weight excluding hydrogens is 307 g/mol. The highest BCUT2D eigenvalue weighted by Crippen LogP contribution is 2.26. The van der Waals surface area contributed by atoms with Crippen LogP contribution < -0.4 is 10.2 Å². The molecule has 6 heteroatoms. The molecule has 1 N–H and O–H groups in total. The lowest BCUT2D eigenvalue weighted by atomic mass is 10.3. The quantitative estimate of drug-likeness (QED) is 0.866. The number of hydrogen-bond donors (Lipinski definition) is 1. The Hall–Kier alpha value is -1.52. The van der Waals surface area contributed by atoms with Crippen molar-refractivity contribution in [1.29, 1.82) is 0 Å². The summed E-state index contributed by atoms with van der Waals surface area (Å²) >= 11 is 11.9. The lowest BCUT2D eigenvalue weighted by Gasteiger charge is -2.20. The molecule has 21 heavy (non-hydrogen) atoms. The Bertz CT molecular complexity index is 627. The average Bonchev–Trinajstić information content (AvgIpc) is 2.44. The van der Waals surface area contributed by atoms with Gasteiger partial charge in [0, 0.05) is 30.5 Å². The predicted molar refractivity (Wildman–Crippen MR) is 90.1 cm³/mol. The van der Waals surface area contributed by atoms with Crippen LogP contribution in [0, 0.1) is 6.92 Å². The van der Waals surface area contributed by atoms with E-state index in [1.807, 2.05) is 19.1 Å². The third-order valence-electron chi connectivity index (χ3n) is 3.10. The van der Waals surface area contributed by atoms with Gasteiger partial charge in [0.15, 0.2) is 0 Å². The summed E-state index contributed by atoms with van der Waals surface area (Å²) in [4.78, 5) is 11.1. The molecule has 2 aromatic rings. The number of rotatable bonds is 5. The van der Waals surface area contributed by atoms with Gasteiger partial charge in [0.1, 0.15) is 5.82 Å². The van der Waals surface area contributed by atoms with Crippen molar-refractivity contribution in [2.75, 3.05) is 23.3 Å². The van der Waals surface area contributed by atoms with Crippen molar-refractivity contribution in [2.24, 2.45) is 0 Å². The van der Waals surface area contributed by atoms with Crippen molar-refractivity contribution >= 4 is 40.7 Å². The molecule has 0 unspecified atom stereocenters. The monoisotopic (exact) mass is 324 g/mol. The molecule has 0 fully saturated rings. The summed E-state index contributed by atoms with van der Waals surface area (Å²) in [5, 5.41) is 4.19. The van der Waals surface area contributed by atoms with Gasteiger partial charge in [0.05, 0.1) is 10.0 Å². The number of nitrogens with zero attached hydrogens (tertiary/aromatic N) is 3. The zero-order chi connectivity index (χ0) is 15.4. The number of aromatic nitrogens is 2. The van der Waals surface area contributed by atoms with E-state index >= 15 is 0 Å². The minimum absolute atomic E-state index is 0.498. The number of aryl methyl sites for hydroxylation is 1. The first-order valence-corrected chi connectivity index (χ1v) is 7.61. The van der Waals surface area contributed by atoms with Crippen LogP contribution in [0.5, 0.6) is 0 Å². The van der Waals surface area contributed by atoms with Crippen LogP contribution >= 0.6 is 23.2 Å². The molecule has 1 aromatic carbocycles. The van der Waals surface area contributed by atoms with E-state index in [0.717, 1.165) is 30.3 Å². The fourth-order valence-corrected chi connectivity index (χ4v) is 2.32. The van der Waals surface area contributed by atoms with E-state index in [4.69, 9.17) is 23.2 Å². The van der Waals surface area contributed by atoms with E-state index in [1.165, 1.54) is 0 Å². The van der Waals surface area contributed by atoms with Crippen LogP contribution in [0.3, 0.4) is 0 Å². The summed E-state index contributed by atoms with van der Waals surface area (Å²) < 4.78 is 0. The van der Waals surface area contributed by atoms with Crippen molar-refractivity contribution in [2.45, 2.75) is 20.8 Å². The second kappa shape index (κ2) is 6.96. The fraction of sp³-hybridized carbons (Fsp3) is 0.333. The molecule has 0 spiro atoms. The van der Waals surface area contributed by atoms with Crippen LogP contribution in [-0.2, 0) is 0 Å². The van der Waals surface area contributed by atoms with Crippen molar-refractivity contribution < 1.29 is 0 Å². The van der Waals surface area contributed by atoms with Gasteiger partial charge in [-0.15, -0.1) is 0 Å². The van der Waals surface area contributed by atoms with Crippen molar-refractivity contribution in [3.8, 4) is 0 Å². The zero-order valence-electron chi connectivity index (χ0n) is 12.3. The van der Waals surface area contributed by atoms with Crippen LogP contribution in [0.2, 0.25) is 10.0 Å². The summed E-state index contributed by atoms with van der Waals surface area (Å²) in [7, 11) is 0. The van der Waals surface area contributed by atoms with E-state index in [1.54, 1.807) is 12.1 Å². The largest absolute Gasteiger partial charge is 0.357 e. The van der Waals surface area contributed by atoms with Crippen LogP contribution in [0.15, 0.2) is 24.3 Å². The van der Waals surface area contributed by atoms with Crippen molar-refractivity contribution in [3.63, 3.8) is 0 Å². The SMILES string of the molecule is CCN(CC)c1cc(C)nc(Nc2ccc(Cl)c(Cl)c2)n1. The highest BCUT2D eigenvalue weighted by Gasteiger charge is 2.08. The van der Waals surface area contributed by atoms with E-state index in [2.05, 4.69) is 34.0 Å². The molecule has 0 saturated heterocycles. The molecule has 0 radical (unpaired) electrons. The van der Waals surface area contributed by atoms with E-state index in [-0.39, 0.29) is 0 Å². The minimum Gasteiger partial charge on any atom is -0.357 e. The molecule has 2 rings (SSSR count). The van der Waals surface area contributed by atoms with Gasteiger partial charge in [-0.05, 0) is 39.0 Å². The summed E-state index contributed by atoms with van der Waals surface area (Å²) in [6.45, 7) is 7.97. The molecule has 112 valence electrons. The third kappa shape index (κ3) is 3.99. The Balaban J connectivity index is 2.29. The number of benzene rings is 1. The summed E-state index contributed by atoms with van der Waals surface area (Å²) in [6, 6.07) is 7.32. The first kappa shape index (κ1) is 15.9. The molecule has 4 nitrogen and oxygen atoms in total. The molecule has 0 aliphatic rings. The van der Waals surface area contributed by atoms with Crippen molar-refractivity contribution in [3.05, 3.63) is 40.0 Å². The van der Waals surface area contributed by atoms with Gasteiger partial charge < -0.3 is 10.2 Å². The number of anilines is 3. The Morgan fingerprint density at radius 2 is 1.76 bits per heavy atom. The first-order chi connectivity index (χ1) is 10.0. The van der Waals surface area contributed by atoms with E-state index < -0.39 is 0 Å². The maximum absolute atomic E-state index is 6.02. The maximum atomic E-state index is 6.02. The zero-order valence-corrected chi connectivity index (χ0v) is 13.8. The molecular formula is C15H18Cl2N4. The second-order valence-electron chi connectivity index (χ2n) is 4.62. The molecule has 0 aliphatic carbocycles. The normalized spacial score (nSPS) is 10.5. The Morgan fingerprint density at radius 1 is 1.05 bits per heavy atom. The van der Waals surface area contributed by atoms with E-state index in [0.29, 0.717) is 16.0 Å². The van der Waals surface area contributed by atoms with Gasteiger partial charge in [-0.25, -0.2) is 4.98 Å². The van der Waals surface area contributed by atoms with Gasteiger partial charge in [-0.2, -0.15) is 4.98 Å². The summed E-state index contributed by atoms with van der Waals surface area (Å²) in [6.07, 6.45) is 0. The number of hydrogen-bond acceptors (Lipinski definition) is 4. The smallest absolute Gasteiger partial charge is 0.229 e. The average molecular weight is 325 g/mol. The van der Waals surface area contributed by atoms with Gasteiger partial charge >= 0.3 is 0 Å². The Morgan fingerprint density at radius 3 is 2.38 bits per heavy atom. The van der Waals surface area contributed by atoms with Gasteiger partial charge in [0.25, 0.3) is 0 Å². The molecule has 1 aromatic heterocycles. The number of halogens is 2. The van der Waals surface area contributed by atoms with Crippen LogP contribution in [-0.4, -0.2) is 23.1 Å². The van der Waals surface area contributed by atoms with Crippen molar-refractivity contribution in [1.82, 2.24) is 9.97 Å². The lowest BCUT2D eigenvalue weighted by molar-refractivity contribution is 0.840. The molecule has 0 atom stereocenters. The molecule has 0 bridgehead atoms. The molecule has 1 heterocycles. The third-order valence-corrected chi connectivity index (χ3v) is 3.84. The lowest BCUT2D eigenvalue weighted by Crippen LogP contribution is -2.23. The highest BCUT2D eigenvalue weighted by molar-refractivity contribution is 6.42. The summed E-state index contributed by atoms with van der Waals surface area (Å²) in [5.74, 6) is 1.46. The second-order valence-corrected chi connectivity index (χ2v) is 5.43. The van der Waals surface area contributed by atoms with Crippen LogP contribution in [0.4, 0.5) is 17.5 Å². The standard InChI is InChI=1S/C15H18Cl2N4/c1-4-21(5-2)14-8-10(3)18-15(20-14)19-11-6-7-12(16)13(17)9-11/h6-9H,4-5H2,1-3H3,(H,18,19,20). The van der Waals surface area contributed by atoms with Crippen LogP contribution in [0.25, 0.3) is 0 Å². The fourth-order valence-electron chi connectivity index (χ4n) is 2.02. The van der Waals surface area contributed by atoms with Gasteiger partial charge in [0.2, 0.25) is 5.95 Å². The highest BCUT2D eigenvalue weighted by atomic mass is 35.5.